The number of benzene rings is 1. The van der Waals surface area contributed by atoms with Crippen molar-refractivity contribution in [3.8, 4) is 0 Å². The molecule has 1 amide bonds. The normalized spacial score (nSPS) is 12.5. The minimum Gasteiger partial charge on any atom is -0.448 e. The van der Waals surface area contributed by atoms with E-state index in [1.807, 2.05) is 6.92 Å². The van der Waals surface area contributed by atoms with Gasteiger partial charge in [-0.15, -0.1) is 11.3 Å². The number of ether oxygens (including phenoxy) is 1. The molecule has 7 nitrogen and oxygen atoms in total. The number of amides is 1. The Bertz CT molecular complexity index is 856. The van der Waals surface area contributed by atoms with Crippen molar-refractivity contribution in [1.82, 2.24) is 0 Å². The second-order valence-electron chi connectivity index (χ2n) is 5.02. The van der Waals surface area contributed by atoms with E-state index in [0.29, 0.717) is 10.6 Å². The summed E-state index contributed by atoms with van der Waals surface area (Å²) in [6.07, 6.45) is -1.00. The molecule has 2 rings (SSSR count). The summed E-state index contributed by atoms with van der Waals surface area (Å²) in [4.78, 5) is 25.3. The molecule has 0 aliphatic rings. The molecule has 9 heteroatoms. The number of nitrogens with one attached hydrogen (secondary N) is 1. The van der Waals surface area contributed by atoms with E-state index in [9.17, 15) is 18.0 Å². The van der Waals surface area contributed by atoms with Gasteiger partial charge in [0.05, 0.1) is 4.90 Å². The fraction of sp³-hybridized carbons (Fsp3) is 0.200. The highest BCUT2D eigenvalue weighted by molar-refractivity contribution is 7.89. The van der Waals surface area contributed by atoms with Crippen molar-refractivity contribution in [3.05, 3.63) is 46.2 Å². The Balaban J connectivity index is 1.97. The third-order valence-corrected chi connectivity index (χ3v) is 4.95. The molecule has 1 aromatic carbocycles. The van der Waals surface area contributed by atoms with Crippen LogP contribution in [0.1, 0.15) is 21.5 Å². The third kappa shape index (κ3) is 4.63. The monoisotopic (exact) mass is 368 g/mol. The summed E-state index contributed by atoms with van der Waals surface area (Å²) in [5.41, 5.74) is 0.363. The van der Waals surface area contributed by atoms with E-state index in [4.69, 9.17) is 9.88 Å². The molecule has 0 unspecified atom stereocenters. The first-order valence-electron chi connectivity index (χ1n) is 6.88. The average Bonchev–Trinajstić information content (AvgIpc) is 2.93. The van der Waals surface area contributed by atoms with Crippen LogP contribution in [0.5, 0.6) is 0 Å². The average molecular weight is 368 g/mol. The summed E-state index contributed by atoms with van der Waals surface area (Å²) in [7, 11) is -3.79. The summed E-state index contributed by atoms with van der Waals surface area (Å²) in [5, 5.41) is 7.53. The SMILES string of the molecule is Cc1ccc(C(=O)O[C@H](C)C(=O)Nc2ccc(S(N)(=O)=O)cc2)s1. The van der Waals surface area contributed by atoms with Crippen LogP contribution >= 0.6 is 11.3 Å². The quantitative estimate of drug-likeness (QED) is 0.782. The molecule has 0 saturated carbocycles. The van der Waals surface area contributed by atoms with Crippen molar-refractivity contribution in [2.24, 2.45) is 5.14 Å². The standard InChI is InChI=1S/C15H16N2O5S2/c1-9-3-8-13(23-9)15(19)22-10(2)14(18)17-11-4-6-12(7-5-11)24(16,20)21/h3-8,10H,1-2H3,(H,17,18)(H2,16,20,21)/t10-/m1/s1. The molecule has 0 saturated heterocycles. The van der Waals surface area contributed by atoms with Gasteiger partial charge in [0.1, 0.15) is 4.88 Å². The predicted octanol–water partition coefficient (Wildman–Crippen LogP) is 1.89. The van der Waals surface area contributed by atoms with Crippen LogP contribution < -0.4 is 10.5 Å². The van der Waals surface area contributed by atoms with Crippen LogP contribution in [-0.4, -0.2) is 26.4 Å². The van der Waals surface area contributed by atoms with Gasteiger partial charge in [-0.2, -0.15) is 0 Å². The molecule has 24 heavy (non-hydrogen) atoms. The Kier molecular flexibility index (Phi) is 5.37. The highest BCUT2D eigenvalue weighted by Gasteiger charge is 2.20. The number of anilines is 1. The molecule has 1 aromatic heterocycles. The maximum atomic E-state index is 12.0. The van der Waals surface area contributed by atoms with Gasteiger partial charge in [0.15, 0.2) is 6.10 Å². The van der Waals surface area contributed by atoms with Crippen molar-refractivity contribution in [2.45, 2.75) is 24.8 Å². The summed E-state index contributed by atoms with van der Waals surface area (Å²) in [6.45, 7) is 3.31. The first-order chi connectivity index (χ1) is 11.2. The second kappa shape index (κ2) is 7.12. The molecule has 0 aliphatic heterocycles. The number of rotatable bonds is 5. The topological polar surface area (TPSA) is 116 Å². The number of aryl methyl sites for hydroxylation is 1. The van der Waals surface area contributed by atoms with Gasteiger partial charge in [-0.05, 0) is 50.2 Å². The fourth-order valence-electron chi connectivity index (χ4n) is 1.79. The first-order valence-corrected chi connectivity index (χ1v) is 9.24. The van der Waals surface area contributed by atoms with Crippen LogP contribution in [-0.2, 0) is 19.6 Å². The second-order valence-corrected chi connectivity index (χ2v) is 7.87. The van der Waals surface area contributed by atoms with E-state index < -0.39 is 28.0 Å². The molecule has 0 bridgehead atoms. The van der Waals surface area contributed by atoms with Gasteiger partial charge < -0.3 is 10.1 Å². The van der Waals surface area contributed by atoms with Gasteiger partial charge in [0.25, 0.3) is 5.91 Å². The number of nitrogens with two attached hydrogens (primary N) is 1. The van der Waals surface area contributed by atoms with E-state index in [2.05, 4.69) is 5.32 Å². The van der Waals surface area contributed by atoms with E-state index >= 15 is 0 Å². The Morgan fingerprint density at radius 3 is 2.29 bits per heavy atom. The number of thiophene rings is 1. The molecule has 0 spiro atoms. The van der Waals surface area contributed by atoms with Crippen molar-refractivity contribution in [2.75, 3.05) is 5.32 Å². The van der Waals surface area contributed by atoms with E-state index in [1.165, 1.54) is 42.5 Å². The van der Waals surface area contributed by atoms with E-state index in [0.717, 1.165) is 4.88 Å². The lowest BCUT2D eigenvalue weighted by Crippen LogP contribution is -2.29. The molecular formula is C15H16N2O5S2. The zero-order valence-corrected chi connectivity index (χ0v) is 14.6. The van der Waals surface area contributed by atoms with Gasteiger partial charge in [0, 0.05) is 10.6 Å². The van der Waals surface area contributed by atoms with Crippen molar-refractivity contribution < 1.29 is 22.7 Å². The van der Waals surface area contributed by atoms with Crippen LogP contribution in [0.3, 0.4) is 0 Å². The maximum Gasteiger partial charge on any atom is 0.349 e. The summed E-state index contributed by atoms with van der Waals surface area (Å²) in [6, 6.07) is 8.77. The number of carbonyl (C=O) groups excluding carboxylic acids is 2. The largest absolute Gasteiger partial charge is 0.448 e. The zero-order chi connectivity index (χ0) is 17.9. The Morgan fingerprint density at radius 2 is 1.79 bits per heavy atom. The molecule has 2 aromatic rings. The molecule has 0 radical (unpaired) electrons. The van der Waals surface area contributed by atoms with Gasteiger partial charge in [0.2, 0.25) is 10.0 Å². The Labute approximate surface area is 143 Å². The molecule has 1 atom stereocenters. The minimum atomic E-state index is -3.79. The van der Waals surface area contributed by atoms with E-state index in [-0.39, 0.29) is 4.90 Å². The molecular weight excluding hydrogens is 352 g/mol. The van der Waals surface area contributed by atoms with Crippen LogP contribution in [0.15, 0.2) is 41.3 Å². The zero-order valence-electron chi connectivity index (χ0n) is 13.0. The predicted molar refractivity (Wildman–Crippen MR) is 90.4 cm³/mol. The number of hydrogen-bond acceptors (Lipinski definition) is 6. The first kappa shape index (κ1) is 18.1. The van der Waals surface area contributed by atoms with Crippen LogP contribution in [0.4, 0.5) is 5.69 Å². The van der Waals surface area contributed by atoms with Crippen molar-refractivity contribution in [1.29, 1.82) is 0 Å². The highest BCUT2D eigenvalue weighted by Crippen LogP contribution is 2.17. The lowest BCUT2D eigenvalue weighted by atomic mass is 10.3. The number of primary sulfonamides is 1. The Morgan fingerprint density at radius 1 is 1.17 bits per heavy atom. The highest BCUT2D eigenvalue weighted by atomic mass is 32.2. The summed E-state index contributed by atoms with van der Waals surface area (Å²) in [5.74, 6) is -1.10. The molecule has 3 N–H and O–H groups in total. The van der Waals surface area contributed by atoms with E-state index in [1.54, 1.807) is 12.1 Å². The van der Waals surface area contributed by atoms with Crippen LogP contribution in [0, 0.1) is 6.92 Å². The minimum absolute atomic E-state index is 0.0620. The number of hydrogen-bond donors (Lipinski definition) is 2. The van der Waals surface area contributed by atoms with Gasteiger partial charge in [-0.25, -0.2) is 18.4 Å². The van der Waals surface area contributed by atoms with Crippen molar-refractivity contribution in [3.63, 3.8) is 0 Å². The Hall–Kier alpha value is -2.23. The lowest BCUT2D eigenvalue weighted by Gasteiger charge is -2.13. The van der Waals surface area contributed by atoms with Gasteiger partial charge in [-0.1, -0.05) is 0 Å². The van der Waals surface area contributed by atoms with Gasteiger partial charge >= 0.3 is 5.97 Å². The summed E-state index contributed by atoms with van der Waals surface area (Å²) < 4.78 is 27.4. The van der Waals surface area contributed by atoms with Crippen LogP contribution in [0.2, 0.25) is 0 Å². The molecule has 1 heterocycles. The van der Waals surface area contributed by atoms with Crippen molar-refractivity contribution >= 4 is 38.9 Å². The van der Waals surface area contributed by atoms with Crippen LogP contribution in [0.25, 0.3) is 0 Å². The number of esters is 1. The molecule has 0 fully saturated rings. The lowest BCUT2D eigenvalue weighted by molar-refractivity contribution is -0.123. The maximum absolute atomic E-state index is 12.0. The fourth-order valence-corrected chi connectivity index (χ4v) is 3.05. The molecule has 128 valence electrons. The number of sulfonamides is 1. The van der Waals surface area contributed by atoms with Gasteiger partial charge in [-0.3, -0.25) is 4.79 Å². The summed E-state index contributed by atoms with van der Waals surface area (Å²) >= 11 is 1.28. The smallest absolute Gasteiger partial charge is 0.349 e. The number of carbonyl (C=O) groups is 2. The molecule has 0 aliphatic carbocycles. The third-order valence-electron chi connectivity index (χ3n) is 3.04.